The highest BCUT2D eigenvalue weighted by Gasteiger charge is 2.03. The molecule has 2 aromatic carbocycles. The van der Waals surface area contributed by atoms with E-state index >= 15 is 0 Å². The summed E-state index contributed by atoms with van der Waals surface area (Å²) >= 11 is 3.44. The van der Waals surface area contributed by atoms with Crippen LogP contribution < -0.4 is 4.74 Å². The molecule has 16 heavy (non-hydrogen) atoms. The van der Waals surface area contributed by atoms with Crippen LogP contribution >= 0.6 is 15.9 Å². The monoisotopic (exact) mass is 280 g/mol. The van der Waals surface area contributed by atoms with Crippen molar-refractivity contribution in [2.45, 2.75) is 13.0 Å². The average Bonchev–Trinajstić information content (AvgIpc) is 2.29. The van der Waals surface area contributed by atoms with E-state index in [0.717, 1.165) is 15.6 Å². The van der Waals surface area contributed by atoms with Gasteiger partial charge in [-0.05, 0) is 42.0 Å². The smallest absolute Gasteiger partial charge is 0.120 e. The summed E-state index contributed by atoms with van der Waals surface area (Å²) < 4.78 is 6.61. The fraction of sp³-hybridized carbons (Fsp3) is 0.231. The van der Waals surface area contributed by atoms with E-state index in [-0.39, 0.29) is 12.7 Å². The minimum absolute atomic E-state index is 0.0262. The lowest BCUT2D eigenvalue weighted by atomic mass is 10.1. The van der Waals surface area contributed by atoms with Gasteiger partial charge >= 0.3 is 0 Å². The summed E-state index contributed by atoms with van der Waals surface area (Å²) in [7, 11) is 0. The van der Waals surface area contributed by atoms with E-state index in [1.165, 1.54) is 5.39 Å². The van der Waals surface area contributed by atoms with Gasteiger partial charge in [0, 0.05) is 4.47 Å². The molecule has 0 amide bonds. The zero-order chi connectivity index (χ0) is 11.5. The van der Waals surface area contributed by atoms with Gasteiger partial charge in [0.25, 0.3) is 0 Å². The molecule has 0 spiro atoms. The molecule has 0 aliphatic heterocycles. The van der Waals surface area contributed by atoms with E-state index in [0.29, 0.717) is 0 Å². The quantitative estimate of drug-likeness (QED) is 0.934. The van der Waals surface area contributed by atoms with Gasteiger partial charge < -0.3 is 9.84 Å². The minimum atomic E-state index is -0.173. The molecule has 0 bridgehead atoms. The average molecular weight is 281 g/mol. The fourth-order valence-electron chi connectivity index (χ4n) is 1.54. The molecule has 0 heterocycles. The van der Waals surface area contributed by atoms with Gasteiger partial charge in [-0.15, -0.1) is 0 Å². The standard InChI is InChI=1S/C13H13BrO2/c1-9(8-15)16-13-5-3-10-6-12(14)4-2-11(10)7-13/h2-7,9,15H,8H2,1H3/t9-/m0/s1. The lowest BCUT2D eigenvalue weighted by molar-refractivity contribution is 0.130. The molecule has 0 radical (unpaired) electrons. The Balaban J connectivity index is 2.33. The molecule has 0 fully saturated rings. The van der Waals surface area contributed by atoms with E-state index in [4.69, 9.17) is 9.84 Å². The van der Waals surface area contributed by atoms with Gasteiger partial charge in [-0.1, -0.05) is 28.1 Å². The summed E-state index contributed by atoms with van der Waals surface area (Å²) in [6.07, 6.45) is -0.173. The van der Waals surface area contributed by atoms with E-state index in [9.17, 15) is 0 Å². The summed E-state index contributed by atoms with van der Waals surface area (Å²) in [6, 6.07) is 12.0. The number of hydrogen-bond donors (Lipinski definition) is 1. The van der Waals surface area contributed by atoms with Crippen LogP contribution in [-0.2, 0) is 0 Å². The molecular weight excluding hydrogens is 268 g/mol. The van der Waals surface area contributed by atoms with Gasteiger partial charge in [-0.3, -0.25) is 0 Å². The number of rotatable bonds is 3. The second-order valence-corrected chi connectivity index (χ2v) is 4.68. The first-order valence-corrected chi connectivity index (χ1v) is 5.95. The van der Waals surface area contributed by atoms with Gasteiger partial charge in [0.1, 0.15) is 11.9 Å². The SMILES string of the molecule is C[C@@H](CO)Oc1ccc2cc(Br)ccc2c1. The Kier molecular flexibility index (Phi) is 3.46. The van der Waals surface area contributed by atoms with Crippen molar-refractivity contribution in [1.82, 2.24) is 0 Å². The number of ether oxygens (including phenoxy) is 1. The van der Waals surface area contributed by atoms with Crippen LogP contribution in [0.1, 0.15) is 6.92 Å². The Morgan fingerprint density at radius 3 is 2.62 bits per heavy atom. The van der Waals surface area contributed by atoms with E-state index < -0.39 is 0 Å². The number of aliphatic hydroxyl groups is 1. The second-order valence-electron chi connectivity index (χ2n) is 3.76. The first-order valence-electron chi connectivity index (χ1n) is 5.16. The number of aliphatic hydroxyl groups excluding tert-OH is 1. The van der Waals surface area contributed by atoms with Crippen molar-refractivity contribution in [2.24, 2.45) is 0 Å². The van der Waals surface area contributed by atoms with E-state index in [1.54, 1.807) is 0 Å². The molecule has 0 aromatic heterocycles. The Bertz CT molecular complexity index is 496. The predicted molar refractivity (Wildman–Crippen MR) is 68.8 cm³/mol. The zero-order valence-corrected chi connectivity index (χ0v) is 10.6. The fourth-order valence-corrected chi connectivity index (χ4v) is 1.92. The van der Waals surface area contributed by atoms with Gasteiger partial charge in [0.05, 0.1) is 6.61 Å². The van der Waals surface area contributed by atoms with Crippen molar-refractivity contribution >= 4 is 26.7 Å². The van der Waals surface area contributed by atoms with Crippen LogP contribution in [0.15, 0.2) is 40.9 Å². The molecule has 1 atom stereocenters. The van der Waals surface area contributed by atoms with E-state index in [2.05, 4.69) is 22.0 Å². The number of fused-ring (bicyclic) bond motifs is 1. The Morgan fingerprint density at radius 2 is 1.88 bits per heavy atom. The van der Waals surface area contributed by atoms with Crippen molar-refractivity contribution in [1.29, 1.82) is 0 Å². The number of halogens is 1. The zero-order valence-electron chi connectivity index (χ0n) is 8.98. The Labute approximate surface area is 103 Å². The maximum absolute atomic E-state index is 8.91. The van der Waals surface area contributed by atoms with Crippen molar-refractivity contribution in [2.75, 3.05) is 6.61 Å². The molecule has 2 aromatic rings. The van der Waals surface area contributed by atoms with Crippen molar-refractivity contribution in [3.8, 4) is 5.75 Å². The molecule has 0 unspecified atom stereocenters. The molecule has 0 aliphatic rings. The largest absolute Gasteiger partial charge is 0.488 e. The minimum Gasteiger partial charge on any atom is -0.488 e. The van der Waals surface area contributed by atoms with Crippen LogP contribution in [0.3, 0.4) is 0 Å². The molecule has 2 nitrogen and oxygen atoms in total. The molecule has 2 rings (SSSR count). The van der Waals surface area contributed by atoms with Crippen LogP contribution in [0.4, 0.5) is 0 Å². The van der Waals surface area contributed by atoms with Gasteiger partial charge in [0.2, 0.25) is 0 Å². The lowest BCUT2D eigenvalue weighted by Gasteiger charge is -2.12. The van der Waals surface area contributed by atoms with Crippen LogP contribution in [0, 0.1) is 0 Å². The summed E-state index contributed by atoms with van der Waals surface area (Å²) in [6.45, 7) is 1.87. The summed E-state index contributed by atoms with van der Waals surface area (Å²) in [5.41, 5.74) is 0. The van der Waals surface area contributed by atoms with Crippen molar-refractivity contribution < 1.29 is 9.84 Å². The van der Waals surface area contributed by atoms with Crippen LogP contribution in [0.5, 0.6) is 5.75 Å². The third-order valence-electron chi connectivity index (χ3n) is 2.37. The van der Waals surface area contributed by atoms with Crippen LogP contribution in [0.25, 0.3) is 10.8 Å². The molecule has 1 N–H and O–H groups in total. The summed E-state index contributed by atoms with van der Waals surface area (Å²) in [4.78, 5) is 0. The molecule has 0 saturated heterocycles. The highest BCUT2D eigenvalue weighted by atomic mass is 79.9. The molecule has 84 valence electrons. The summed E-state index contributed by atoms with van der Waals surface area (Å²) in [5.74, 6) is 0.788. The third-order valence-corrected chi connectivity index (χ3v) is 2.86. The topological polar surface area (TPSA) is 29.5 Å². The van der Waals surface area contributed by atoms with E-state index in [1.807, 2.05) is 37.3 Å². The third kappa shape index (κ3) is 2.54. The Hall–Kier alpha value is -1.06. The van der Waals surface area contributed by atoms with Gasteiger partial charge in [-0.2, -0.15) is 0 Å². The normalized spacial score (nSPS) is 12.7. The first-order chi connectivity index (χ1) is 7.69. The highest BCUT2D eigenvalue weighted by molar-refractivity contribution is 9.10. The first kappa shape index (κ1) is 11.4. The molecule has 0 saturated carbocycles. The maximum atomic E-state index is 8.91. The lowest BCUT2D eigenvalue weighted by Crippen LogP contribution is -2.15. The highest BCUT2D eigenvalue weighted by Crippen LogP contribution is 2.24. The molecule has 0 aliphatic carbocycles. The van der Waals surface area contributed by atoms with Crippen LogP contribution in [0.2, 0.25) is 0 Å². The van der Waals surface area contributed by atoms with Crippen LogP contribution in [-0.4, -0.2) is 17.8 Å². The molecular formula is C13H13BrO2. The number of hydrogen-bond acceptors (Lipinski definition) is 2. The summed E-state index contributed by atoms with van der Waals surface area (Å²) in [5, 5.41) is 11.2. The van der Waals surface area contributed by atoms with Crippen molar-refractivity contribution in [3.05, 3.63) is 40.9 Å². The maximum Gasteiger partial charge on any atom is 0.120 e. The van der Waals surface area contributed by atoms with Gasteiger partial charge in [0.15, 0.2) is 0 Å². The Morgan fingerprint density at radius 1 is 1.19 bits per heavy atom. The number of benzene rings is 2. The second kappa shape index (κ2) is 4.85. The van der Waals surface area contributed by atoms with Gasteiger partial charge in [-0.25, -0.2) is 0 Å². The van der Waals surface area contributed by atoms with Crippen molar-refractivity contribution in [3.63, 3.8) is 0 Å². The predicted octanol–water partition coefficient (Wildman–Crippen LogP) is 3.36. The molecule has 3 heteroatoms.